The zero-order valence-corrected chi connectivity index (χ0v) is 16.8. The summed E-state index contributed by atoms with van der Waals surface area (Å²) in [5, 5.41) is 10.9. The van der Waals surface area contributed by atoms with Crippen LogP contribution in [-0.2, 0) is 12.8 Å². The van der Waals surface area contributed by atoms with Gasteiger partial charge in [-0.2, -0.15) is 5.10 Å². The van der Waals surface area contributed by atoms with E-state index in [4.69, 9.17) is 15.9 Å². The lowest BCUT2D eigenvalue weighted by Crippen LogP contribution is -2.27. The number of nitrogens with one attached hydrogen (secondary N) is 1. The molecule has 7 heteroatoms. The van der Waals surface area contributed by atoms with E-state index < -0.39 is 0 Å². The second-order valence-electron chi connectivity index (χ2n) is 7.95. The van der Waals surface area contributed by atoms with Gasteiger partial charge in [0, 0.05) is 23.2 Å². The van der Waals surface area contributed by atoms with Crippen LogP contribution in [0.4, 0.5) is 5.69 Å². The van der Waals surface area contributed by atoms with Gasteiger partial charge in [-0.25, -0.2) is 0 Å². The van der Waals surface area contributed by atoms with Crippen molar-refractivity contribution in [2.24, 2.45) is 27.1 Å². The number of anilines is 1. The van der Waals surface area contributed by atoms with Crippen LogP contribution in [0.2, 0.25) is 0 Å². The number of amides is 1. The fraction of sp³-hybridized carbons (Fsp3) is 0.381. The molecule has 3 rings (SSSR count). The van der Waals surface area contributed by atoms with Crippen LogP contribution < -0.4 is 16.8 Å². The van der Waals surface area contributed by atoms with Gasteiger partial charge in [-0.1, -0.05) is 32.9 Å². The van der Waals surface area contributed by atoms with E-state index in [9.17, 15) is 4.79 Å². The predicted molar refractivity (Wildman–Crippen MR) is 112 cm³/mol. The molecule has 0 saturated heterocycles. The molecule has 0 bridgehead atoms. The zero-order chi connectivity index (χ0) is 20.5. The van der Waals surface area contributed by atoms with Crippen LogP contribution in [0.25, 0.3) is 0 Å². The van der Waals surface area contributed by atoms with Gasteiger partial charge >= 0.3 is 0 Å². The fourth-order valence-corrected chi connectivity index (χ4v) is 3.55. The highest BCUT2D eigenvalue weighted by Gasteiger charge is 2.36. The van der Waals surface area contributed by atoms with Crippen molar-refractivity contribution < 1.29 is 9.21 Å². The predicted octanol–water partition coefficient (Wildman–Crippen LogP) is 3.35. The lowest BCUT2D eigenvalue weighted by molar-refractivity contribution is 0.0993. The molecule has 0 atom stereocenters. The van der Waals surface area contributed by atoms with Crippen molar-refractivity contribution in [1.29, 1.82) is 0 Å². The monoisotopic (exact) mass is 381 g/mol. The number of furan rings is 1. The Morgan fingerprint density at radius 2 is 1.89 bits per heavy atom. The number of carbonyl (C=O) groups excluding carboxylic acids is 1. The Kier molecular flexibility index (Phi) is 5.27. The minimum atomic E-state index is -0.282. The minimum Gasteiger partial charge on any atom is -0.455 e. The van der Waals surface area contributed by atoms with Gasteiger partial charge in [0.25, 0.3) is 5.91 Å². The van der Waals surface area contributed by atoms with E-state index >= 15 is 0 Å². The Bertz CT molecular complexity index is 948. The Balaban J connectivity index is 1.95. The van der Waals surface area contributed by atoms with Crippen LogP contribution in [-0.4, -0.2) is 17.6 Å². The van der Waals surface area contributed by atoms with Crippen LogP contribution in [0.3, 0.4) is 0 Å². The third-order valence-corrected chi connectivity index (χ3v) is 4.91. The molecule has 1 heterocycles. The lowest BCUT2D eigenvalue weighted by Gasteiger charge is -2.29. The molecule has 28 heavy (non-hydrogen) atoms. The van der Waals surface area contributed by atoms with Crippen molar-refractivity contribution in [2.75, 3.05) is 5.32 Å². The molecule has 0 radical (unpaired) electrons. The molecule has 0 fully saturated rings. The first-order valence-corrected chi connectivity index (χ1v) is 9.38. The van der Waals surface area contributed by atoms with Crippen LogP contribution in [0.1, 0.15) is 60.2 Å². The first kappa shape index (κ1) is 19.7. The molecule has 2 aromatic rings. The number of rotatable bonds is 4. The van der Waals surface area contributed by atoms with E-state index in [-0.39, 0.29) is 17.3 Å². The molecule has 0 saturated carbocycles. The summed E-state index contributed by atoms with van der Waals surface area (Å²) < 4.78 is 5.98. The normalized spacial score (nSPS) is 16.5. The molecule has 0 spiro atoms. The Hall–Kier alpha value is -3.09. The van der Waals surface area contributed by atoms with Crippen LogP contribution in [0.15, 0.2) is 38.9 Å². The molecule has 1 amide bonds. The van der Waals surface area contributed by atoms with Gasteiger partial charge in [0.2, 0.25) is 5.96 Å². The Morgan fingerprint density at radius 1 is 1.21 bits per heavy atom. The van der Waals surface area contributed by atoms with Crippen molar-refractivity contribution in [3.05, 3.63) is 52.5 Å². The lowest BCUT2D eigenvalue weighted by atomic mass is 9.75. The van der Waals surface area contributed by atoms with Crippen molar-refractivity contribution >= 4 is 23.3 Å². The first-order valence-electron chi connectivity index (χ1n) is 9.38. The van der Waals surface area contributed by atoms with Gasteiger partial charge in [0.15, 0.2) is 5.76 Å². The van der Waals surface area contributed by atoms with Crippen LogP contribution >= 0.6 is 0 Å². The van der Waals surface area contributed by atoms with Gasteiger partial charge in [0.1, 0.15) is 5.76 Å². The number of hydrogen-bond donors (Lipinski definition) is 3. The van der Waals surface area contributed by atoms with Gasteiger partial charge < -0.3 is 21.2 Å². The molecule has 1 aliphatic carbocycles. The molecular weight excluding hydrogens is 354 g/mol. The molecule has 1 aromatic heterocycles. The Labute approximate surface area is 164 Å². The van der Waals surface area contributed by atoms with Gasteiger partial charge in [-0.15, -0.1) is 5.10 Å². The van der Waals surface area contributed by atoms with Gasteiger partial charge in [0.05, 0.1) is 5.71 Å². The van der Waals surface area contributed by atoms with E-state index in [2.05, 4.69) is 36.3 Å². The third kappa shape index (κ3) is 4.08. The number of nitrogens with two attached hydrogens (primary N) is 2. The largest absolute Gasteiger partial charge is 0.455 e. The molecule has 1 aromatic carbocycles. The molecule has 0 unspecified atom stereocenters. The van der Waals surface area contributed by atoms with Crippen LogP contribution in [0, 0.1) is 12.3 Å². The summed E-state index contributed by atoms with van der Waals surface area (Å²) in [5.41, 5.74) is 15.0. The van der Waals surface area contributed by atoms with Crippen LogP contribution in [0.5, 0.6) is 0 Å². The Morgan fingerprint density at radius 3 is 2.50 bits per heavy atom. The average molecular weight is 381 g/mol. The number of fused-ring (bicyclic) bond motifs is 1. The highest BCUT2D eigenvalue weighted by Crippen LogP contribution is 2.39. The fourth-order valence-electron chi connectivity index (χ4n) is 3.55. The number of carbonyl (C=O) groups is 1. The quantitative estimate of drug-likeness (QED) is 0.427. The molecule has 5 N–H and O–H groups in total. The zero-order valence-electron chi connectivity index (χ0n) is 16.8. The number of benzene rings is 1. The molecule has 1 aliphatic rings. The topological polar surface area (TPSA) is 119 Å². The van der Waals surface area contributed by atoms with Gasteiger partial charge in [-0.05, 0) is 42.9 Å². The second kappa shape index (κ2) is 7.50. The summed E-state index contributed by atoms with van der Waals surface area (Å²) in [7, 11) is 0. The van der Waals surface area contributed by atoms with Crippen molar-refractivity contribution in [1.82, 2.24) is 0 Å². The van der Waals surface area contributed by atoms with E-state index in [1.807, 2.05) is 31.2 Å². The smallest absolute Gasteiger partial charge is 0.291 e. The average Bonchev–Trinajstić information content (AvgIpc) is 2.95. The van der Waals surface area contributed by atoms with E-state index in [1.165, 1.54) is 5.56 Å². The molecule has 148 valence electrons. The minimum absolute atomic E-state index is 0.0707. The second-order valence-corrected chi connectivity index (χ2v) is 7.95. The van der Waals surface area contributed by atoms with E-state index in [1.54, 1.807) is 0 Å². The summed E-state index contributed by atoms with van der Waals surface area (Å²) in [6.07, 6.45) is 2.35. The number of guanidine groups is 1. The maximum Gasteiger partial charge on any atom is 0.291 e. The highest BCUT2D eigenvalue weighted by atomic mass is 16.4. The highest BCUT2D eigenvalue weighted by molar-refractivity contribution is 6.09. The van der Waals surface area contributed by atoms with Crippen molar-refractivity contribution in [3.8, 4) is 0 Å². The maximum absolute atomic E-state index is 12.8. The van der Waals surface area contributed by atoms with E-state index in [0.29, 0.717) is 18.6 Å². The summed E-state index contributed by atoms with van der Waals surface area (Å²) in [6.45, 7) is 8.19. The number of aryl methyl sites for hydroxylation is 1. The SMILES string of the molecule is CCc1ccc(NC(=O)c2oc3c(c2C)/C(=N\N=C(N)N)CC(C)(C)C3)cc1. The number of nitrogens with zero attached hydrogens (tertiary/aromatic N) is 2. The van der Waals surface area contributed by atoms with Crippen molar-refractivity contribution in [3.63, 3.8) is 0 Å². The van der Waals surface area contributed by atoms with Crippen molar-refractivity contribution in [2.45, 2.75) is 47.0 Å². The molecule has 0 aliphatic heterocycles. The summed E-state index contributed by atoms with van der Waals surface area (Å²) >= 11 is 0. The van der Waals surface area contributed by atoms with E-state index in [0.717, 1.165) is 34.7 Å². The third-order valence-electron chi connectivity index (χ3n) is 4.91. The van der Waals surface area contributed by atoms with Gasteiger partial charge in [-0.3, -0.25) is 4.79 Å². The summed E-state index contributed by atoms with van der Waals surface area (Å²) in [4.78, 5) is 12.8. The molecule has 7 nitrogen and oxygen atoms in total. The maximum atomic E-state index is 12.8. The summed E-state index contributed by atoms with van der Waals surface area (Å²) in [6, 6.07) is 7.78. The molecular formula is C21H27N5O2. The first-order chi connectivity index (χ1) is 13.2. The summed E-state index contributed by atoms with van der Waals surface area (Å²) in [5.74, 6) is 0.645. The standard InChI is InChI=1S/C21H27N5O2/c1-5-13-6-8-14(9-7-13)24-19(27)18-12(2)17-15(25-26-20(22)23)10-21(3,4)11-16(17)28-18/h6-9H,5,10-11H2,1-4H3,(H,24,27)(H4,22,23,26)/b25-15-. The number of hydrogen-bond acceptors (Lipinski definition) is 4.